The highest BCUT2D eigenvalue weighted by Gasteiger charge is 2.16. The van der Waals surface area contributed by atoms with Gasteiger partial charge in [-0.25, -0.2) is 0 Å². The number of aryl methyl sites for hydroxylation is 1. The van der Waals surface area contributed by atoms with Crippen molar-refractivity contribution in [1.29, 1.82) is 0 Å². The highest BCUT2D eigenvalue weighted by molar-refractivity contribution is 5.90. The second-order valence-electron chi connectivity index (χ2n) is 5.83. The van der Waals surface area contributed by atoms with Crippen molar-refractivity contribution in [3.05, 3.63) is 40.1 Å². The van der Waals surface area contributed by atoms with Crippen molar-refractivity contribution >= 4 is 16.6 Å². The summed E-state index contributed by atoms with van der Waals surface area (Å²) in [5.41, 5.74) is 2.20. The number of aromatic amines is 1. The number of fused-ring (bicyclic) bond motifs is 1. The predicted octanol–water partition coefficient (Wildman–Crippen LogP) is 4.05. The van der Waals surface area contributed by atoms with Gasteiger partial charge in [0.2, 0.25) is 0 Å². The van der Waals surface area contributed by atoms with E-state index in [1.54, 1.807) is 6.07 Å². The number of nitrogens with one attached hydrogen (secondary N) is 1. The minimum atomic E-state index is -0.341. The summed E-state index contributed by atoms with van der Waals surface area (Å²) in [5.74, 6) is 0. The van der Waals surface area contributed by atoms with E-state index in [1.165, 1.54) is 6.07 Å². The van der Waals surface area contributed by atoms with E-state index in [2.05, 4.69) is 25.8 Å². The van der Waals surface area contributed by atoms with Crippen molar-refractivity contribution in [1.82, 2.24) is 4.98 Å². The molecule has 0 unspecified atom stereocenters. The number of benzene rings is 1. The largest absolute Gasteiger partial charge is 0.355 e. The molecule has 1 aromatic heterocycles. The van der Waals surface area contributed by atoms with Crippen LogP contribution < -0.4 is 0 Å². The van der Waals surface area contributed by atoms with Crippen LogP contribution in [0.3, 0.4) is 0 Å². The number of H-pyrrole nitrogens is 1. The zero-order chi connectivity index (χ0) is 13.3. The van der Waals surface area contributed by atoms with Crippen molar-refractivity contribution in [3.8, 4) is 0 Å². The summed E-state index contributed by atoms with van der Waals surface area (Å²) in [4.78, 5) is 13.6. The third kappa shape index (κ3) is 2.53. The second-order valence-corrected chi connectivity index (χ2v) is 5.83. The minimum absolute atomic E-state index is 0.148. The van der Waals surface area contributed by atoms with E-state index in [0.717, 1.165) is 23.8 Å². The van der Waals surface area contributed by atoms with E-state index in [-0.39, 0.29) is 16.0 Å². The van der Waals surface area contributed by atoms with Gasteiger partial charge in [-0.05, 0) is 23.8 Å². The van der Waals surface area contributed by atoms with Crippen molar-refractivity contribution in [2.75, 3.05) is 0 Å². The van der Waals surface area contributed by atoms with Crippen LogP contribution in [0.1, 0.15) is 32.8 Å². The first-order chi connectivity index (χ1) is 8.38. The lowest BCUT2D eigenvalue weighted by atomic mass is 9.88. The van der Waals surface area contributed by atoms with Crippen LogP contribution in [0.25, 0.3) is 10.9 Å². The first kappa shape index (κ1) is 12.6. The molecule has 0 aliphatic heterocycles. The number of para-hydroxylation sites is 1. The number of nitro benzene ring substituents is 1. The Morgan fingerprint density at radius 3 is 2.67 bits per heavy atom. The fourth-order valence-corrected chi connectivity index (χ4v) is 2.07. The zero-order valence-corrected chi connectivity index (χ0v) is 11.0. The van der Waals surface area contributed by atoms with Gasteiger partial charge in [-0.2, -0.15) is 0 Å². The Labute approximate surface area is 106 Å². The van der Waals surface area contributed by atoms with Crippen LogP contribution in [0.15, 0.2) is 24.4 Å². The Bertz CT molecular complexity index is 579. The van der Waals surface area contributed by atoms with Gasteiger partial charge in [-0.15, -0.1) is 0 Å². The molecule has 0 aliphatic carbocycles. The Morgan fingerprint density at radius 1 is 1.33 bits per heavy atom. The topological polar surface area (TPSA) is 58.9 Å². The number of hydrogen-bond donors (Lipinski definition) is 1. The van der Waals surface area contributed by atoms with E-state index in [0.29, 0.717) is 5.52 Å². The smallest absolute Gasteiger partial charge is 0.293 e. The molecule has 0 saturated heterocycles. The maximum absolute atomic E-state index is 10.9. The van der Waals surface area contributed by atoms with Crippen molar-refractivity contribution in [3.63, 3.8) is 0 Å². The summed E-state index contributed by atoms with van der Waals surface area (Å²) in [5, 5.41) is 11.9. The molecule has 4 heteroatoms. The molecular formula is C14H18N2O2. The fraction of sp³-hybridized carbons (Fsp3) is 0.429. The molecule has 18 heavy (non-hydrogen) atoms. The van der Waals surface area contributed by atoms with Gasteiger partial charge in [-0.3, -0.25) is 10.1 Å². The monoisotopic (exact) mass is 246 g/mol. The van der Waals surface area contributed by atoms with Crippen LogP contribution in [0.2, 0.25) is 0 Å². The Kier molecular flexibility index (Phi) is 3.11. The van der Waals surface area contributed by atoms with E-state index in [4.69, 9.17) is 0 Å². The predicted molar refractivity (Wildman–Crippen MR) is 72.7 cm³/mol. The van der Waals surface area contributed by atoms with Crippen LogP contribution in [-0.2, 0) is 6.42 Å². The SMILES string of the molecule is CC(C)(C)CCc1c[nH]c2c([N+](=O)[O-])cccc12. The normalized spacial score (nSPS) is 11.9. The average molecular weight is 246 g/mol. The van der Waals surface area contributed by atoms with Crippen LogP contribution in [0.4, 0.5) is 5.69 Å². The first-order valence-corrected chi connectivity index (χ1v) is 6.12. The maximum atomic E-state index is 10.9. The van der Waals surface area contributed by atoms with Gasteiger partial charge < -0.3 is 4.98 Å². The lowest BCUT2D eigenvalue weighted by Gasteiger charge is -2.17. The number of hydrogen-bond acceptors (Lipinski definition) is 2. The standard InChI is InChI=1S/C14H18N2O2/c1-14(2,3)8-7-10-9-15-13-11(10)5-4-6-12(13)16(17)18/h4-6,9,15H,7-8H2,1-3H3. The molecule has 0 fully saturated rings. The number of nitrogens with zero attached hydrogens (tertiary/aromatic N) is 1. The molecule has 1 aromatic carbocycles. The summed E-state index contributed by atoms with van der Waals surface area (Å²) < 4.78 is 0. The van der Waals surface area contributed by atoms with Crippen molar-refractivity contribution in [2.24, 2.45) is 5.41 Å². The summed E-state index contributed by atoms with van der Waals surface area (Å²) in [6.45, 7) is 6.60. The molecule has 2 aromatic rings. The molecule has 1 N–H and O–H groups in total. The van der Waals surface area contributed by atoms with Gasteiger partial charge in [0.1, 0.15) is 5.52 Å². The second kappa shape index (κ2) is 4.44. The lowest BCUT2D eigenvalue weighted by molar-refractivity contribution is -0.383. The Balaban J connectivity index is 2.37. The number of aromatic nitrogens is 1. The van der Waals surface area contributed by atoms with Crippen LogP contribution in [0, 0.1) is 15.5 Å². The van der Waals surface area contributed by atoms with Crippen LogP contribution in [0.5, 0.6) is 0 Å². The number of rotatable bonds is 3. The molecule has 0 radical (unpaired) electrons. The molecule has 0 spiro atoms. The third-order valence-electron chi connectivity index (χ3n) is 3.12. The van der Waals surface area contributed by atoms with E-state index >= 15 is 0 Å². The molecule has 0 aliphatic rings. The van der Waals surface area contributed by atoms with Gasteiger partial charge >= 0.3 is 0 Å². The molecule has 2 rings (SSSR count). The van der Waals surface area contributed by atoms with E-state index in [9.17, 15) is 10.1 Å². The summed E-state index contributed by atoms with van der Waals surface area (Å²) >= 11 is 0. The molecule has 1 heterocycles. The van der Waals surface area contributed by atoms with E-state index in [1.807, 2.05) is 12.3 Å². The molecular weight excluding hydrogens is 228 g/mol. The fourth-order valence-electron chi connectivity index (χ4n) is 2.07. The first-order valence-electron chi connectivity index (χ1n) is 6.12. The molecule has 0 amide bonds. The zero-order valence-electron chi connectivity index (χ0n) is 11.0. The van der Waals surface area contributed by atoms with Gasteiger partial charge in [0.15, 0.2) is 0 Å². The van der Waals surface area contributed by atoms with Gasteiger partial charge in [0.25, 0.3) is 5.69 Å². The van der Waals surface area contributed by atoms with Crippen LogP contribution in [-0.4, -0.2) is 9.91 Å². The number of non-ortho nitro benzene ring substituents is 1. The van der Waals surface area contributed by atoms with Crippen molar-refractivity contribution < 1.29 is 4.92 Å². The van der Waals surface area contributed by atoms with Gasteiger partial charge in [0, 0.05) is 17.6 Å². The maximum Gasteiger partial charge on any atom is 0.293 e. The number of nitro groups is 1. The minimum Gasteiger partial charge on any atom is -0.355 e. The highest BCUT2D eigenvalue weighted by Crippen LogP contribution is 2.29. The summed E-state index contributed by atoms with van der Waals surface area (Å²) in [7, 11) is 0. The molecule has 96 valence electrons. The Hall–Kier alpha value is -1.84. The van der Waals surface area contributed by atoms with Crippen LogP contribution >= 0.6 is 0 Å². The molecule has 4 nitrogen and oxygen atoms in total. The lowest BCUT2D eigenvalue weighted by Crippen LogP contribution is -2.06. The van der Waals surface area contributed by atoms with Gasteiger partial charge in [-0.1, -0.05) is 32.9 Å². The average Bonchev–Trinajstić information content (AvgIpc) is 2.68. The highest BCUT2D eigenvalue weighted by atomic mass is 16.6. The quantitative estimate of drug-likeness (QED) is 0.656. The van der Waals surface area contributed by atoms with E-state index < -0.39 is 0 Å². The summed E-state index contributed by atoms with van der Waals surface area (Å²) in [6.07, 6.45) is 3.89. The Morgan fingerprint density at radius 2 is 2.06 bits per heavy atom. The molecule has 0 saturated carbocycles. The molecule has 0 atom stereocenters. The van der Waals surface area contributed by atoms with Crippen molar-refractivity contribution in [2.45, 2.75) is 33.6 Å². The summed E-state index contributed by atoms with van der Waals surface area (Å²) in [6, 6.07) is 5.22. The third-order valence-corrected chi connectivity index (χ3v) is 3.12. The molecule has 0 bridgehead atoms. The van der Waals surface area contributed by atoms with Gasteiger partial charge in [0.05, 0.1) is 4.92 Å².